The van der Waals surface area contributed by atoms with Crippen molar-refractivity contribution in [2.45, 2.75) is 26.4 Å². The van der Waals surface area contributed by atoms with Gasteiger partial charge in [0.15, 0.2) is 11.4 Å². The van der Waals surface area contributed by atoms with Gasteiger partial charge in [-0.25, -0.2) is 18.4 Å². The van der Waals surface area contributed by atoms with Crippen LogP contribution in [0, 0.1) is 6.92 Å². The fourth-order valence-electron chi connectivity index (χ4n) is 4.23. The number of carbonyl (C=O) groups is 1. The van der Waals surface area contributed by atoms with Crippen LogP contribution in [0.4, 0.5) is 8.78 Å². The lowest BCUT2D eigenvalue weighted by molar-refractivity contribution is -0.133. The Bertz CT molecular complexity index is 1250. The maximum Gasteiger partial charge on any atom is 0.264 e. The first-order chi connectivity index (χ1) is 16.0. The SMILES string of the molecule is Cc1nn(CC(=O)N2CCN(Cc3cccs3)CC2)c2nc(-c3ccco3)cc(C(F)F)c12. The molecule has 1 aliphatic heterocycles. The molecule has 172 valence electrons. The zero-order valence-electron chi connectivity index (χ0n) is 18.1. The summed E-state index contributed by atoms with van der Waals surface area (Å²) in [6.45, 7) is 5.32. The molecule has 4 aromatic rings. The van der Waals surface area contributed by atoms with Crippen molar-refractivity contribution in [2.24, 2.45) is 0 Å². The van der Waals surface area contributed by atoms with E-state index in [-0.39, 0.29) is 29.0 Å². The number of nitrogens with zero attached hydrogens (tertiary/aromatic N) is 5. The quantitative estimate of drug-likeness (QED) is 0.419. The second kappa shape index (κ2) is 9.03. The van der Waals surface area contributed by atoms with Gasteiger partial charge in [-0.15, -0.1) is 11.3 Å². The first-order valence-electron chi connectivity index (χ1n) is 10.7. The smallest absolute Gasteiger partial charge is 0.264 e. The molecule has 0 spiro atoms. The third-order valence-corrected chi connectivity index (χ3v) is 6.75. The first-order valence-corrected chi connectivity index (χ1v) is 11.6. The number of aryl methyl sites for hydroxylation is 1. The predicted molar refractivity (Wildman–Crippen MR) is 121 cm³/mol. The number of piperazine rings is 1. The van der Waals surface area contributed by atoms with E-state index in [1.54, 1.807) is 35.3 Å². The highest BCUT2D eigenvalue weighted by atomic mass is 32.1. The Kier molecular flexibility index (Phi) is 5.94. The van der Waals surface area contributed by atoms with E-state index in [2.05, 4.69) is 26.4 Å². The number of aromatic nitrogens is 3. The second-order valence-corrected chi connectivity index (χ2v) is 9.08. The van der Waals surface area contributed by atoms with E-state index in [0.717, 1.165) is 19.6 Å². The average Bonchev–Trinajstić information content (AvgIpc) is 3.57. The van der Waals surface area contributed by atoms with E-state index in [9.17, 15) is 13.6 Å². The van der Waals surface area contributed by atoms with Crippen LogP contribution < -0.4 is 0 Å². The van der Waals surface area contributed by atoms with Crippen LogP contribution in [0.15, 0.2) is 46.4 Å². The Hall–Kier alpha value is -3.11. The van der Waals surface area contributed by atoms with Gasteiger partial charge in [0.25, 0.3) is 6.43 Å². The molecule has 5 rings (SSSR count). The van der Waals surface area contributed by atoms with E-state index >= 15 is 0 Å². The molecule has 1 aliphatic rings. The molecule has 0 radical (unpaired) electrons. The number of rotatable bonds is 6. The fourth-order valence-corrected chi connectivity index (χ4v) is 4.97. The Morgan fingerprint density at radius 3 is 2.70 bits per heavy atom. The van der Waals surface area contributed by atoms with Crippen LogP contribution in [-0.2, 0) is 17.9 Å². The van der Waals surface area contributed by atoms with Gasteiger partial charge in [-0.1, -0.05) is 6.07 Å². The van der Waals surface area contributed by atoms with Crippen molar-refractivity contribution in [2.75, 3.05) is 26.2 Å². The summed E-state index contributed by atoms with van der Waals surface area (Å²) < 4.78 is 34.5. The molecule has 1 fully saturated rings. The molecule has 1 saturated heterocycles. The maximum atomic E-state index is 13.9. The van der Waals surface area contributed by atoms with Crippen molar-refractivity contribution in [3.8, 4) is 11.5 Å². The third-order valence-electron chi connectivity index (χ3n) is 5.89. The number of amides is 1. The van der Waals surface area contributed by atoms with Crippen LogP contribution in [0.25, 0.3) is 22.5 Å². The van der Waals surface area contributed by atoms with Crippen molar-refractivity contribution in [3.63, 3.8) is 0 Å². The molecular weight excluding hydrogens is 448 g/mol. The number of carbonyl (C=O) groups excluding carboxylic acids is 1. The fraction of sp³-hybridized carbons (Fsp3) is 0.348. The van der Waals surface area contributed by atoms with Crippen LogP contribution in [0.1, 0.15) is 22.6 Å². The van der Waals surface area contributed by atoms with Crippen LogP contribution in [0.5, 0.6) is 0 Å². The molecular formula is C23H23F2N5O2S. The summed E-state index contributed by atoms with van der Waals surface area (Å²) in [5.74, 6) is 0.288. The molecule has 0 atom stereocenters. The Balaban J connectivity index is 1.36. The standard InChI is InChI=1S/C23H23F2N5O2S/c1-15-21-17(22(24)25)12-18(19-5-2-10-32-19)26-23(21)30(27-15)14-20(31)29-8-6-28(7-9-29)13-16-4-3-11-33-16/h2-5,10-12,22H,6-9,13-14H2,1H3. The average molecular weight is 472 g/mol. The maximum absolute atomic E-state index is 13.9. The summed E-state index contributed by atoms with van der Waals surface area (Å²) in [6.07, 6.45) is -1.24. The zero-order valence-corrected chi connectivity index (χ0v) is 18.9. The Morgan fingerprint density at radius 1 is 1.21 bits per heavy atom. The van der Waals surface area contributed by atoms with Gasteiger partial charge in [0.2, 0.25) is 5.91 Å². The topological polar surface area (TPSA) is 67.4 Å². The third kappa shape index (κ3) is 4.40. The summed E-state index contributed by atoms with van der Waals surface area (Å²) in [5, 5.41) is 6.74. The number of thiophene rings is 1. The second-order valence-electron chi connectivity index (χ2n) is 8.05. The largest absolute Gasteiger partial charge is 0.463 e. The van der Waals surface area contributed by atoms with Crippen LogP contribution in [0.2, 0.25) is 0 Å². The van der Waals surface area contributed by atoms with Gasteiger partial charge in [-0.2, -0.15) is 5.10 Å². The number of furan rings is 1. The minimum Gasteiger partial charge on any atom is -0.463 e. The van der Waals surface area contributed by atoms with E-state index in [4.69, 9.17) is 4.42 Å². The first kappa shape index (κ1) is 21.7. The van der Waals surface area contributed by atoms with Crippen molar-refractivity contribution in [3.05, 3.63) is 58.1 Å². The van der Waals surface area contributed by atoms with Gasteiger partial charge in [-0.3, -0.25) is 9.69 Å². The van der Waals surface area contributed by atoms with E-state index in [1.807, 2.05) is 6.07 Å². The molecule has 0 bridgehead atoms. The van der Waals surface area contributed by atoms with Crippen LogP contribution >= 0.6 is 11.3 Å². The molecule has 0 aromatic carbocycles. The lowest BCUT2D eigenvalue weighted by atomic mass is 10.1. The number of hydrogen-bond donors (Lipinski definition) is 0. The molecule has 5 heterocycles. The van der Waals surface area contributed by atoms with E-state index < -0.39 is 6.43 Å². The molecule has 1 amide bonds. The highest BCUT2D eigenvalue weighted by Crippen LogP contribution is 2.33. The highest BCUT2D eigenvalue weighted by Gasteiger charge is 2.25. The van der Waals surface area contributed by atoms with Crippen molar-refractivity contribution in [1.82, 2.24) is 24.6 Å². The van der Waals surface area contributed by atoms with Gasteiger partial charge in [0.05, 0.1) is 17.3 Å². The highest BCUT2D eigenvalue weighted by molar-refractivity contribution is 7.09. The molecule has 33 heavy (non-hydrogen) atoms. The number of hydrogen-bond acceptors (Lipinski definition) is 6. The van der Waals surface area contributed by atoms with Gasteiger partial charge >= 0.3 is 0 Å². The molecule has 7 nitrogen and oxygen atoms in total. The van der Waals surface area contributed by atoms with Gasteiger partial charge in [0, 0.05) is 43.2 Å². The van der Waals surface area contributed by atoms with Gasteiger partial charge < -0.3 is 9.32 Å². The van der Waals surface area contributed by atoms with Crippen molar-refractivity contribution >= 4 is 28.3 Å². The Labute approximate surface area is 193 Å². The van der Waals surface area contributed by atoms with Crippen molar-refractivity contribution in [1.29, 1.82) is 0 Å². The van der Waals surface area contributed by atoms with Gasteiger partial charge in [-0.05, 0) is 36.6 Å². The Morgan fingerprint density at radius 2 is 2.03 bits per heavy atom. The van der Waals surface area contributed by atoms with Crippen molar-refractivity contribution < 1.29 is 18.0 Å². The summed E-state index contributed by atoms with van der Waals surface area (Å²) in [6, 6.07) is 8.83. The summed E-state index contributed by atoms with van der Waals surface area (Å²) in [5.41, 5.74) is 0.817. The van der Waals surface area contributed by atoms with Crippen LogP contribution in [0.3, 0.4) is 0 Å². The lowest BCUT2D eigenvalue weighted by Crippen LogP contribution is -2.49. The monoisotopic (exact) mass is 471 g/mol. The molecule has 0 aliphatic carbocycles. The number of fused-ring (bicyclic) bond motifs is 1. The summed E-state index contributed by atoms with van der Waals surface area (Å²) in [4.78, 5) is 23.0. The minimum atomic E-state index is -2.70. The molecule has 4 aromatic heterocycles. The molecule has 10 heteroatoms. The summed E-state index contributed by atoms with van der Waals surface area (Å²) in [7, 11) is 0. The van der Waals surface area contributed by atoms with Gasteiger partial charge in [0.1, 0.15) is 12.2 Å². The molecule has 0 N–H and O–H groups in total. The van der Waals surface area contributed by atoms with Crippen LogP contribution in [-0.4, -0.2) is 56.7 Å². The number of halogens is 2. The molecule has 0 unspecified atom stereocenters. The van der Waals surface area contributed by atoms with E-state index in [1.165, 1.54) is 21.9 Å². The lowest BCUT2D eigenvalue weighted by Gasteiger charge is -2.34. The minimum absolute atomic E-state index is 0.0491. The number of alkyl halides is 2. The summed E-state index contributed by atoms with van der Waals surface area (Å²) >= 11 is 1.73. The van der Waals surface area contributed by atoms with E-state index in [0.29, 0.717) is 30.2 Å². The number of pyridine rings is 1. The predicted octanol–water partition coefficient (Wildman–Crippen LogP) is 4.34. The zero-order chi connectivity index (χ0) is 22.9. The normalized spacial score (nSPS) is 15.1. The molecule has 0 saturated carbocycles.